The van der Waals surface area contributed by atoms with Crippen LogP contribution < -0.4 is 4.90 Å². The number of amides is 1. The molecule has 9 nitrogen and oxygen atoms in total. The van der Waals surface area contributed by atoms with Crippen LogP contribution in [0.15, 0.2) is 30.7 Å². The molecule has 0 spiro atoms. The average Bonchev–Trinajstić information content (AvgIpc) is 3.46. The van der Waals surface area contributed by atoms with Gasteiger partial charge in [0.15, 0.2) is 0 Å². The van der Waals surface area contributed by atoms with Crippen LogP contribution in [0.4, 0.5) is 10.5 Å². The van der Waals surface area contributed by atoms with Gasteiger partial charge in [0.05, 0.1) is 22.8 Å². The monoisotopic (exact) mass is 526 g/mol. The van der Waals surface area contributed by atoms with Crippen LogP contribution in [-0.2, 0) is 16.2 Å². The predicted molar refractivity (Wildman–Crippen MR) is 151 cm³/mol. The van der Waals surface area contributed by atoms with Crippen LogP contribution in [-0.4, -0.2) is 77.2 Å². The fraction of sp³-hybridized carbons (Fsp3) is 0.593. The molecule has 4 heterocycles. The lowest BCUT2D eigenvalue weighted by molar-refractivity contribution is 0.0210. The van der Waals surface area contributed by atoms with E-state index in [4.69, 9.17) is 14.6 Å². The molecule has 0 radical (unpaired) electrons. The second kappa shape index (κ2) is 10.9. The van der Waals surface area contributed by atoms with E-state index in [1.54, 1.807) is 4.90 Å². The summed E-state index contributed by atoms with van der Waals surface area (Å²) in [6.45, 7) is 15.6. The third-order valence-corrected chi connectivity index (χ3v) is 8.36. The van der Waals surface area contributed by atoms with E-state index in [-0.39, 0.29) is 12.1 Å². The first kappa shape index (κ1) is 27.2. The summed E-state index contributed by atoms with van der Waals surface area (Å²) in [5.74, 6) is 0. The van der Waals surface area contributed by atoms with Gasteiger partial charge in [-0.15, -0.1) is 0 Å². The van der Waals surface area contributed by atoms with E-state index >= 15 is 0 Å². The molecular weight excluding hydrogens is 484 g/mol. The third-order valence-electron chi connectivity index (χ3n) is 6.65. The van der Waals surface area contributed by atoms with Crippen LogP contribution in [0.1, 0.15) is 33.6 Å². The first-order valence-electron chi connectivity index (χ1n) is 13.2. The number of carbonyl (C=O) groups is 1. The molecule has 4 rings (SSSR count). The molecule has 1 fully saturated rings. The standard InChI is InChI=1S/C27H42N6O3Si/c1-27(2,3)36-26(34)31(4)20-9-8-13-32(18-20)23-10-12-28-25-24(23)21(17-29-25)22-11-14-33(30-22)19-35-15-16-37(5,6)7/h10-12,14,17,20H,8-9,13,15-16,18-19H2,1-7H3,(H,28,29)/t20-/m0/s1. The van der Waals surface area contributed by atoms with Crippen LogP contribution in [0.25, 0.3) is 22.3 Å². The maximum Gasteiger partial charge on any atom is 0.410 e. The fourth-order valence-electron chi connectivity index (χ4n) is 4.59. The molecule has 3 aromatic rings. The number of nitrogens with zero attached hydrogens (tertiary/aromatic N) is 5. The third kappa shape index (κ3) is 6.92. The van der Waals surface area contributed by atoms with Gasteiger partial charge >= 0.3 is 6.09 Å². The van der Waals surface area contributed by atoms with Gasteiger partial charge in [-0.05, 0) is 51.8 Å². The Kier molecular flexibility index (Phi) is 7.98. The molecule has 0 aliphatic carbocycles. The Morgan fingerprint density at radius 3 is 2.78 bits per heavy atom. The van der Waals surface area contributed by atoms with Gasteiger partial charge in [-0.2, -0.15) is 5.10 Å². The molecule has 0 saturated carbocycles. The van der Waals surface area contributed by atoms with Crippen LogP contribution >= 0.6 is 0 Å². The van der Waals surface area contributed by atoms with Crippen molar-refractivity contribution < 1.29 is 14.3 Å². The Balaban J connectivity index is 1.51. The number of rotatable bonds is 8. The number of ether oxygens (including phenoxy) is 2. The SMILES string of the molecule is CN(C(=O)OC(C)(C)C)[C@H]1CCCN(c2ccnc3[nH]cc(-c4ccn(COCC[Si](C)(C)C)n4)c23)C1. The van der Waals surface area contributed by atoms with Gasteiger partial charge < -0.3 is 24.3 Å². The van der Waals surface area contributed by atoms with Gasteiger partial charge in [-0.3, -0.25) is 0 Å². The summed E-state index contributed by atoms with van der Waals surface area (Å²) >= 11 is 0. The van der Waals surface area contributed by atoms with E-state index in [1.165, 1.54) is 0 Å². The van der Waals surface area contributed by atoms with Crippen LogP contribution in [0, 0.1) is 0 Å². The summed E-state index contributed by atoms with van der Waals surface area (Å²) in [7, 11) is 0.722. The van der Waals surface area contributed by atoms with E-state index in [0.717, 1.165) is 66.6 Å². The Morgan fingerprint density at radius 1 is 1.27 bits per heavy atom. The first-order chi connectivity index (χ1) is 17.4. The molecule has 1 atom stereocenters. The number of hydrogen-bond acceptors (Lipinski definition) is 6. The van der Waals surface area contributed by atoms with Gasteiger partial charge in [0, 0.05) is 59.0 Å². The Labute approximate surface area is 221 Å². The van der Waals surface area contributed by atoms with Crippen molar-refractivity contribution in [2.24, 2.45) is 0 Å². The van der Waals surface area contributed by atoms with Crippen molar-refractivity contribution in [3.8, 4) is 11.3 Å². The zero-order valence-electron chi connectivity index (χ0n) is 23.4. The first-order valence-corrected chi connectivity index (χ1v) is 16.9. The highest BCUT2D eigenvalue weighted by atomic mass is 28.3. The molecule has 0 unspecified atom stereocenters. The quantitative estimate of drug-likeness (QED) is 0.305. The molecule has 0 aromatic carbocycles. The summed E-state index contributed by atoms with van der Waals surface area (Å²) in [5.41, 5.74) is 3.32. The van der Waals surface area contributed by atoms with Gasteiger partial charge in [-0.1, -0.05) is 19.6 Å². The Bertz CT molecular complexity index is 1210. The van der Waals surface area contributed by atoms with E-state index in [9.17, 15) is 4.79 Å². The zero-order valence-corrected chi connectivity index (χ0v) is 24.4. The fourth-order valence-corrected chi connectivity index (χ4v) is 5.35. The van der Waals surface area contributed by atoms with Crippen molar-refractivity contribution in [3.05, 3.63) is 30.7 Å². The minimum Gasteiger partial charge on any atom is -0.444 e. The number of pyridine rings is 1. The molecule has 1 aliphatic rings. The van der Waals surface area contributed by atoms with Crippen molar-refractivity contribution in [2.75, 3.05) is 31.6 Å². The van der Waals surface area contributed by atoms with Gasteiger partial charge in [0.25, 0.3) is 0 Å². The molecule has 10 heteroatoms. The lowest BCUT2D eigenvalue weighted by Gasteiger charge is -2.39. The maximum atomic E-state index is 12.7. The Hall–Kier alpha value is -2.85. The van der Waals surface area contributed by atoms with Crippen molar-refractivity contribution in [1.29, 1.82) is 0 Å². The number of hydrogen-bond donors (Lipinski definition) is 1. The van der Waals surface area contributed by atoms with Crippen LogP contribution in [0.2, 0.25) is 25.7 Å². The maximum absolute atomic E-state index is 12.7. The van der Waals surface area contributed by atoms with Gasteiger partial charge in [0.2, 0.25) is 0 Å². The molecule has 37 heavy (non-hydrogen) atoms. The molecule has 1 N–H and O–H groups in total. The molecule has 202 valence electrons. The molecule has 1 aliphatic heterocycles. The highest BCUT2D eigenvalue weighted by Crippen LogP contribution is 2.35. The zero-order chi connectivity index (χ0) is 26.8. The summed E-state index contributed by atoms with van der Waals surface area (Å²) in [4.78, 5) is 24.7. The van der Waals surface area contributed by atoms with Gasteiger partial charge in [-0.25, -0.2) is 14.5 Å². The van der Waals surface area contributed by atoms with Crippen molar-refractivity contribution >= 4 is 30.9 Å². The number of aromatic amines is 1. The van der Waals surface area contributed by atoms with Gasteiger partial charge in [0.1, 0.15) is 18.0 Å². The lowest BCUT2D eigenvalue weighted by Crippen LogP contribution is -2.49. The second-order valence-corrected chi connectivity index (χ2v) is 17.8. The smallest absolute Gasteiger partial charge is 0.410 e. The molecule has 1 saturated heterocycles. The average molecular weight is 527 g/mol. The summed E-state index contributed by atoms with van der Waals surface area (Å²) < 4.78 is 13.3. The molecule has 3 aromatic heterocycles. The van der Waals surface area contributed by atoms with Crippen molar-refractivity contribution in [1.82, 2.24) is 24.6 Å². The largest absolute Gasteiger partial charge is 0.444 e. The number of likely N-dealkylation sites (N-methyl/N-ethyl adjacent to an activating group) is 1. The number of carbonyl (C=O) groups excluding carboxylic acids is 1. The molecule has 1 amide bonds. The van der Waals surface area contributed by atoms with Crippen LogP contribution in [0.3, 0.4) is 0 Å². The highest BCUT2D eigenvalue weighted by Gasteiger charge is 2.30. The topological polar surface area (TPSA) is 88.5 Å². The lowest BCUT2D eigenvalue weighted by atomic mass is 10.0. The normalized spacial score (nSPS) is 16.8. The van der Waals surface area contributed by atoms with Crippen LogP contribution in [0.5, 0.6) is 0 Å². The molecular formula is C27H42N6O3Si. The highest BCUT2D eigenvalue weighted by molar-refractivity contribution is 6.76. The van der Waals surface area contributed by atoms with Crippen molar-refractivity contribution in [2.45, 2.75) is 77.7 Å². The summed E-state index contributed by atoms with van der Waals surface area (Å²) in [6, 6.07) is 5.29. The minimum absolute atomic E-state index is 0.0710. The number of fused-ring (bicyclic) bond motifs is 1. The minimum atomic E-state index is -1.12. The summed E-state index contributed by atoms with van der Waals surface area (Å²) in [5, 5.41) is 5.84. The van der Waals surface area contributed by atoms with E-state index < -0.39 is 13.7 Å². The van der Waals surface area contributed by atoms with Crippen molar-refractivity contribution in [3.63, 3.8) is 0 Å². The van der Waals surface area contributed by atoms with E-state index in [0.29, 0.717) is 6.73 Å². The Morgan fingerprint density at radius 2 is 2.05 bits per heavy atom. The number of anilines is 1. The second-order valence-electron chi connectivity index (χ2n) is 12.2. The summed E-state index contributed by atoms with van der Waals surface area (Å²) in [6.07, 6.45) is 7.44. The number of H-pyrrole nitrogens is 1. The predicted octanol–water partition coefficient (Wildman–Crippen LogP) is 5.57. The number of nitrogens with one attached hydrogen (secondary N) is 1. The van der Waals surface area contributed by atoms with E-state index in [1.807, 2.05) is 57.2 Å². The number of piperidine rings is 1. The number of aromatic nitrogens is 4. The molecule has 0 bridgehead atoms. The van der Waals surface area contributed by atoms with E-state index in [2.05, 4.69) is 40.6 Å².